The molecule has 2 aromatic rings. The summed E-state index contributed by atoms with van der Waals surface area (Å²) in [5, 5.41) is 4.20. The Kier molecular flexibility index (Phi) is 5.26. The van der Waals surface area contributed by atoms with Gasteiger partial charge in [0, 0.05) is 17.0 Å². The van der Waals surface area contributed by atoms with Gasteiger partial charge in [-0.15, -0.1) is 0 Å². The van der Waals surface area contributed by atoms with E-state index in [-0.39, 0.29) is 5.91 Å². The molecule has 6 heteroatoms. The van der Waals surface area contributed by atoms with E-state index < -0.39 is 5.91 Å². The zero-order valence-corrected chi connectivity index (χ0v) is 15.8. The number of hydrazone groups is 1. The number of H-pyrrole nitrogens is 1. The normalized spacial score (nSPS) is 15.1. The molecule has 27 heavy (non-hydrogen) atoms. The second-order valence-electron chi connectivity index (χ2n) is 6.74. The van der Waals surface area contributed by atoms with Crippen molar-refractivity contribution in [2.75, 3.05) is 0 Å². The van der Waals surface area contributed by atoms with E-state index in [0.717, 1.165) is 29.1 Å². The molecule has 1 aromatic heterocycles. The van der Waals surface area contributed by atoms with Gasteiger partial charge in [0.2, 0.25) is 5.91 Å². The monoisotopic (exact) mass is 364 g/mol. The smallest absolute Gasteiger partial charge is 0.273 e. The van der Waals surface area contributed by atoms with E-state index in [1.807, 2.05) is 25.1 Å². The predicted molar refractivity (Wildman–Crippen MR) is 106 cm³/mol. The highest BCUT2D eigenvalue weighted by molar-refractivity contribution is 6.27. The third kappa shape index (κ3) is 3.84. The first kappa shape index (κ1) is 18.6. The summed E-state index contributed by atoms with van der Waals surface area (Å²) in [6.45, 7) is 6.24. The molecule has 140 valence electrons. The molecule has 0 spiro atoms. The number of hydrogen-bond acceptors (Lipinski definition) is 3. The minimum Gasteiger partial charge on any atom is -0.366 e. The molecule has 2 amide bonds. The molecule has 0 aliphatic carbocycles. The Morgan fingerprint density at radius 3 is 2.48 bits per heavy atom. The molecule has 0 radical (unpaired) electrons. The van der Waals surface area contributed by atoms with E-state index in [9.17, 15) is 9.59 Å². The van der Waals surface area contributed by atoms with Crippen LogP contribution in [0.1, 0.15) is 51.8 Å². The SMILES string of the molecule is CCc1c(C)[nH]c(C=C2C(=O)NN=C2CCc2ccc(C(N)=O)cc2)c1C. The number of rotatable bonds is 6. The Hall–Kier alpha value is -3.15. The van der Waals surface area contributed by atoms with Crippen molar-refractivity contribution in [2.45, 2.75) is 40.0 Å². The van der Waals surface area contributed by atoms with E-state index in [1.54, 1.807) is 12.1 Å². The number of aryl methyl sites for hydroxylation is 2. The molecule has 0 bridgehead atoms. The molecular formula is C21H24N4O2. The topological polar surface area (TPSA) is 100 Å². The number of aromatic amines is 1. The number of primary amides is 1. The summed E-state index contributed by atoms with van der Waals surface area (Å²) in [6.07, 6.45) is 4.18. The van der Waals surface area contributed by atoms with Crippen LogP contribution in [0.15, 0.2) is 34.9 Å². The van der Waals surface area contributed by atoms with E-state index in [4.69, 9.17) is 5.73 Å². The number of carbonyl (C=O) groups is 2. The van der Waals surface area contributed by atoms with E-state index >= 15 is 0 Å². The lowest BCUT2D eigenvalue weighted by atomic mass is 9.99. The van der Waals surface area contributed by atoms with Crippen LogP contribution in [0.3, 0.4) is 0 Å². The van der Waals surface area contributed by atoms with Gasteiger partial charge in [-0.1, -0.05) is 19.1 Å². The molecule has 4 N–H and O–H groups in total. The van der Waals surface area contributed by atoms with Gasteiger partial charge in [-0.25, -0.2) is 5.43 Å². The van der Waals surface area contributed by atoms with Gasteiger partial charge in [-0.3, -0.25) is 9.59 Å². The molecule has 1 aliphatic heterocycles. The standard InChI is InChI=1S/C21H24N4O2/c1-4-16-12(2)19(23-13(16)3)11-17-18(24-25-21(17)27)10-7-14-5-8-15(9-6-14)20(22)26/h5-6,8-9,11,23H,4,7,10H2,1-3H3,(H2,22,26)(H,25,27). The number of amides is 2. The first-order chi connectivity index (χ1) is 12.9. The van der Waals surface area contributed by atoms with Crippen LogP contribution in [-0.2, 0) is 17.6 Å². The van der Waals surface area contributed by atoms with Crippen molar-refractivity contribution in [1.29, 1.82) is 0 Å². The summed E-state index contributed by atoms with van der Waals surface area (Å²) in [6, 6.07) is 7.18. The van der Waals surface area contributed by atoms with Crippen LogP contribution >= 0.6 is 0 Å². The number of nitrogens with two attached hydrogens (primary N) is 1. The molecule has 1 aromatic carbocycles. The van der Waals surface area contributed by atoms with Gasteiger partial charge in [0.05, 0.1) is 11.3 Å². The van der Waals surface area contributed by atoms with Crippen molar-refractivity contribution in [3.8, 4) is 0 Å². The molecule has 0 atom stereocenters. The minimum absolute atomic E-state index is 0.182. The van der Waals surface area contributed by atoms with Crippen molar-refractivity contribution in [3.63, 3.8) is 0 Å². The van der Waals surface area contributed by atoms with Crippen LogP contribution in [0.4, 0.5) is 0 Å². The Bertz CT molecular complexity index is 949. The van der Waals surface area contributed by atoms with Crippen molar-refractivity contribution in [3.05, 3.63) is 63.5 Å². The average molecular weight is 364 g/mol. The third-order valence-corrected chi connectivity index (χ3v) is 5.01. The molecule has 1 aliphatic rings. The summed E-state index contributed by atoms with van der Waals surface area (Å²) in [5.74, 6) is -0.622. The summed E-state index contributed by atoms with van der Waals surface area (Å²) >= 11 is 0. The molecule has 0 fully saturated rings. The summed E-state index contributed by atoms with van der Waals surface area (Å²) in [4.78, 5) is 26.8. The maximum atomic E-state index is 12.2. The highest BCUT2D eigenvalue weighted by atomic mass is 16.2. The van der Waals surface area contributed by atoms with Gasteiger partial charge >= 0.3 is 0 Å². The summed E-state index contributed by atoms with van der Waals surface area (Å²) in [5.41, 5.74) is 15.2. The molecule has 0 unspecified atom stereocenters. The van der Waals surface area contributed by atoms with E-state index in [0.29, 0.717) is 24.0 Å². The third-order valence-electron chi connectivity index (χ3n) is 5.01. The Morgan fingerprint density at radius 2 is 1.89 bits per heavy atom. The molecular weight excluding hydrogens is 340 g/mol. The number of nitrogens with one attached hydrogen (secondary N) is 2. The van der Waals surface area contributed by atoms with Gasteiger partial charge in [-0.2, -0.15) is 5.10 Å². The lowest BCUT2D eigenvalue weighted by Gasteiger charge is -2.04. The first-order valence-electron chi connectivity index (χ1n) is 9.06. The van der Waals surface area contributed by atoms with Crippen molar-refractivity contribution < 1.29 is 9.59 Å². The second kappa shape index (κ2) is 7.61. The first-order valence-corrected chi connectivity index (χ1v) is 9.06. The fraction of sp³-hybridized carbons (Fsp3) is 0.286. The van der Waals surface area contributed by atoms with Crippen molar-refractivity contribution >= 4 is 23.6 Å². The predicted octanol–water partition coefficient (Wildman–Crippen LogP) is 2.79. The van der Waals surface area contributed by atoms with Crippen LogP contribution in [-0.4, -0.2) is 22.5 Å². The largest absolute Gasteiger partial charge is 0.366 e. The highest BCUT2D eigenvalue weighted by Crippen LogP contribution is 2.23. The molecule has 0 saturated heterocycles. The Labute approximate surface area is 158 Å². The van der Waals surface area contributed by atoms with E-state index in [2.05, 4.69) is 29.4 Å². The highest BCUT2D eigenvalue weighted by Gasteiger charge is 2.23. The van der Waals surface area contributed by atoms with Crippen LogP contribution in [0.25, 0.3) is 6.08 Å². The fourth-order valence-corrected chi connectivity index (χ4v) is 3.44. The van der Waals surface area contributed by atoms with E-state index in [1.165, 1.54) is 11.1 Å². The molecule has 2 heterocycles. The number of hydrogen-bond donors (Lipinski definition) is 3. The number of nitrogens with zero attached hydrogens (tertiary/aromatic N) is 1. The van der Waals surface area contributed by atoms with Gasteiger partial charge in [0.25, 0.3) is 5.91 Å². The van der Waals surface area contributed by atoms with Crippen LogP contribution in [0.5, 0.6) is 0 Å². The molecule has 6 nitrogen and oxygen atoms in total. The number of benzene rings is 1. The maximum absolute atomic E-state index is 12.2. The van der Waals surface area contributed by atoms with Gasteiger partial charge in [0.1, 0.15) is 0 Å². The Morgan fingerprint density at radius 1 is 1.19 bits per heavy atom. The van der Waals surface area contributed by atoms with Crippen molar-refractivity contribution in [1.82, 2.24) is 10.4 Å². The fourth-order valence-electron chi connectivity index (χ4n) is 3.44. The summed E-state index contributed by atoms with van der Waals surface area (Å²) in [7, 11) is 0. The maximum Gasteiger partial charge on any atom is 0.273 e. The van der Waals surface area contributed by atoms with Crippen LogP contribution < -0.4 is 11.2 Å². The second-order valence-corrected chi connectivity index (χ2v) is 6.74. The van der Waals surface area contributed by atoms with Gasteiger partial charge < -0.3 is 10.7 Å². The quantitative estimate of drug-likeness (QED) is 0.687. The Balaban J connectivity index is 1.77. The lowest BCUT2D eigenvalue weighted by Crippen LogP contribution is -2.13. The van der Waals surface area contributed by atoms with Gasteiger partial charge in [0.15, 0.2) is 0 Å². The zero-order chi connectivity index (χ0) is 19.6. The van der Waals surface area contributed by atoms with Crippen LogP contribution in [0, 0.1) is 13.8 Å². The molecule has 0 saturated carbocycles. The lowest BCUT2D eigenvalue weighted by molar-refractivity contribution is -0.116. The number of carbonyl (C=O) groups excluding carboxylic acids is 2. The average Bonchev–Trinajstić information content (AvgIpc) is 3.13. The van der Waals surface area contributed by atoms with Gasteiger partial charge in [-0.05, 0) is 68.0 Å². The summed E-state index contributed by atoms with van der Waals surface area (Å²) < 4.78 is 0. The number of aromatic nitrogens is 1. The van der Waals surface area contributed by atoms with Crippen LogP contribution in [0.2, 0.25) is 0 Å². The minimum atomic E-state index is -0.440. The molecule has 3 rings (SSSR count). The van der Waals surface area contributed by atoms with Crippen molar-refractivity contribution in [2.24, 2.45) is 10.8 Å². The zero-order valence-electron chi connectivity index (χ0n) is 15.8.